The van der Waals surface area contributed by atoms with Crippen LogP contribution in [0.4, 0.5) is 0 Å². The molecule has 0 aliphatic heterocycles. The van der Waals surface area contributed by atoms with Crippen LogP contribution in [-0.2, 0) is 6.42 Å². The molecule has 2 heteroatoms. The Morgan fingerprint density at radius 2 is 1.14 bits per heavy atom. The van der Waals surface area contributed by atoms with Crippen molar-refractivity contribution in [2.75, 3.05) is 0 Å². The topological polar surface area (TPSA) is 24.7 Å². The molecule has 0 saturated heterocycles. The fraction of sp³-hybridized carbons (Fsp3) is 0.588. The summed E-state index contributed by atoms with van der Waals surface area (Å²) < 4.78 is 0. The predicted octanol–water partition coefficient (Wildman–Crippen LogP) is 10.3. The fourth-order valence-electron chi connectivity index (χ4n) is 5.58. The van der Waals surface area contributed by atoms with E-state index in [4.69, 9.17) is 0 Å². The summed E-state index contributed by atoms with van der Waals surface area (Å²) in [6.07, 6.45) is 25.6. The first-order chi connectivity index (χ1) is 17.8. The SMILES string of the molecule is CCCCCCCc1ccc(/C=N/N=C/c2ccc(C3CCC(CCCCCCC)CC3)cc2)cc1. The quantitative estimate of drug-likeness (QED) is 0.128. The van der Waals surface area contributed by atoms with E-state index in [1.165, 1.54) is 114 Å². The number of unbranched alkanes of at least 4 members (excludes halogenated alkanes) is 8. The van der Waals surface area contributed by atoms with Gasteiger partial charge in [-0.05, 0) is 72.6 Å². The third kappa shape index (κ3) is 10.8. The van der Waals surface area contributed by atoms with Crippen LogP contribution in [0.15, 0.2) is 58.7 Å². The summed E-state index contributed by atoms with van der Waals surface area (Å²) in [4.78, 5) is 0. The molecule has 0 atom stereocenters. The lowest BCUT2D eigenvalue weighted by molar-refractivity contribution is 0.302. The van der Waals surface area contributed by atoms with E-state index in [0.717, 1.165) is 23.0 Å². The molecule has 0 spiro atoms. The molecule has 1 fully saturated rings. The van der Waals surface area contributed by atoms with Gasteiger partial charge in [0.2, 0.25) is 0 Å². The summed E-state index contributed by atoms with van der Waals surface area (Å²) in [5.74, 6) is 1.71. The zero-order valence-corrected chi connectivity index (χ0v) is 23.1. The molecule has 2 aromatic carbocycles. The molecule has 0 aromatic heterocycles. The molecule has 3 rings (SSSR count). The van der Waals surface area contributed by atoms with Crippen LogP contribution in [0.25, 0.3) is 0 Å². The molecule has 0 bridgehead atoms. The molecule has 0 unspecified atom stereocenters. The third-order valence-electron chi connectivity index (χ3n) is 8.00. The van der Waals surface area contributed by atoms with Crippen molar-refractivity contribution in [3.05, 3.63) is 70.8 Å². The van der Waals surface area contributed by atoms with Crippen LogP contribution in [0.1, 0.15) is 138 Å². The highest BCUT2D eigenvalue weighted by atomic mass is 15.2. The Morgan fingerprint density at radius 1 is 0.611 bits per heavy atom. The van der Waals surface area contributed by atoms with Crippen LogP contribution >= 0.6 is 0 Å². The molecular weight excluding hydrogens is 436 g/mol. The number of hydrogen-bond donors (Lipinski definition) is 0. The van der Waals surface area contributed by atoms with E-state index in [2.05, 4.69) is 72.6 Å². The van der Waals surface area contributed by atoms with E-state index in [9.17, 15) is 0 Å². The van der Waals surface area contributed by atoms with Crippen molar-refractivity contribution < 1.29 is 0 Å². The molecule has 36 heavy (non-hydrogen) atoms. The fourth-order valence-corrected chi connectivity index (χ4v) is 5.58. The van der Waals surface area contributed by atoms with Gasteiger partial charge in [-0.1, -0.05) is 127 Å². The number of aryl methyl sites for hydroxylation is 1. The van der Waals surface area contributed by atoms with Crippen molar-refractivity contribution in [2.24, 2.45) is 16.1 Å². The van der Waals surface area contributed by atoms with Crippen LogP contribution in [0, 0.1) is 5.92 Å². The smallest absolute Gasteiger partial charge is 0.0568 e. The van der Waals surface area contributed by atoms with Crippen LogP contribution in [0.2, 0.25) is 0 Å². The average Bonchev–Trinajstić information content (AvgIpc) is 2.92. The van der Waals surface area contributed by atoms with Crippen molar-refractivity contribution >= 4 is 12.4 Å². The van der Waals surface area contributed by atoms with Crippen LogP contribution < -0.4 is 0 Å². The van der Waals surface area contributed by atoms with Crippen LogP contribution in [-0.4, -0.2) is 12.4 Å². The number of hydrogen-bond acceptors (Lipinski definition) is 2. The molecule has 2 nitrogen and oxygen atoms in total. The van der Waals surface area contributed by atoms with Gasteiger partial charge >= 0.3 is 0 Å². The Kier molecular flexibility index (Phi) is 13.6. The van der Waals surface area contributed by atoms with Crippen molar-refractivity contribution in [1.29, 1.82) is 0 Å². The second kappa shape index (κ2) is 17.3. The third-order valence-corrected chi connectivity index (χ3v) is 8.00. The minimum atomic E-state index is 0.740. The number of rotatable bonds is 16. The van der Waals surface area contributed by atoms with Gasteiger partial charge in [-0.15, -0.1) is 0 Å². The van der Waals surface area contributed by atoms with Gasteiger partial charge in [-0.2, -0.15) is 10.2 Å². The van der Waals surface area contributed by atoms with Crippen molar-refractivity contribution in [1.82, 2.24) is 0 Å². The molecule has 0 radical (unpaired) electrons. The Hall–Kier alpha value is -2.22. The number of benzene rings is 2. The molecule has 0 N–H and O–H groups in total. The minimum absolute atomic E-state index is 0.740. The highest BCUT2D eigenvalue weighted by molar-refractivity contribution is 5.82. The van der Waals surface area contributed by atoms with Gasteiger partial charge in [-0.25, -0.2) is 0 Å². The van der Waals surface area contributed by atoms with Gasteiger partial charge in [0, 0.05) is 0 Å². The maximum atomic E-state index is 4.28. The second-order valence-electron chi connectivity index (χ2n) is 11.0. The largest absolute Gasteiger partial charge is 0.159 e. The zero-order chi connectivity index (χ0) is 25.3. The van der Waals surface area contributed by atoms with Crippen LogP contribution in [0.3, 0.4) is 0 Å². The lowest BCUT2D eigenvalue weighted by atomic mass is 9.77. The molecule has 0 amide bonds. The summed E-state index contributed by atoms with van der Waals surface area (Å²) >= 11 is 0. The van der Waals surface area contributed by atoms with Gasteiger partial charge < -0.3 is 0 Å². The summed E-state index contributed by atoms with van der Waals surface area (Å²) in [6, 6.07) is 17.8. The second-order valence-corrected chi connectivity index (χ2v) is 11.0. The molecule has 196 valence electrons. The summed E-state index contributed by atoms with van der Waals surface area (Å²) in [7, 11) is 0. The Labute approximate surface area is 221 Å². The predicted molar refractivity (Wildman–Crippen MR) is 159 cm³/mol. The van der Waals surface area contributed by atoms with Crippen LogP contribution in [0.5, 0.6) is 0 Å². The molecule has 1 aliphatic rings. The molecule has 0 heterocycles. The Balaban J connectivity index is 1.35. The summed E-state index contributed by atoms with van der Waals surface area (Å²) in [6.45, 7) is 4.56. The van der Waals surface area contributed by atoms with Gasteiger partial charge in [0.25, 0.3) is 0 Å². The van der Waals surface area contributed by atoms with Crippen molar-refractivity contribution in [3.63, 3.8) is 0 Å². The van der Waals surface area contributed by atoms with E-state index in [1.54, 1.807) is 0 Å². The van der Waals surface area contributed by atoms with E-state index in [-0.39, 0.29) is 0 Å². The normalized spacial score (nSPS) is 18.4. The molecular formula is C34H50N2. The van der Waals surface area contributed by atoms with Crippen molar-refractivity contribution in [2.45, 2.75) is 122 Å². The molecule has 1 aliphatic carbocycles. The van der Waals surface area contributed by atoms with E-state index < -0.39 is 0 Å². The van der Waals surface area contributed by atoms with E-state index in [1.807, 2.05) is 12.4 Å². The Bertz CT molecular complexity index is 870. The first kappa shape index (κ1) is 28.4. The minimum Gasteiger partial charge on any atom is -0.159 e. The Morgan fingerprint density at radius 3 is 1.72 bits per heavy atom. The molecule has 2 aromatic rings. The maximum absolute atomic E-state index is 4.28. The highest BCUT2D eigenvalue weighted by Crippen LogP contribution is 2.37. The van der Waals surface area contributed by atoms with E-state index in [0.29, 0.717) is 0 Å². The summed E-state index contributed by atoms with van der Waals surface area (Å²) in [5, 5.41) is 8.55. The van der Waals surface area contributed by atoms with Gasteiger partial charge in [0.15, 0.2) is 0 Å². The first-order valence-corrected chi connectivity index (χ1v) is 15.0. The lowest BCUT2D eigenvalue weighted by Gasteiger charge is -2.29. The summed E-state index contributed by atoms with van der Waals surface area (Å²) in [5.41, 5.74) is 5.15. The van der Waals surface area contributed by atoms with E-state index >= 15 is 0 Å². The number of nitrogens with zero attached hydrogens (tertiary/aromatic N) is 2. The van der Waals surface area contributed by atoms with Gasteiger partial charge in [0.1, 0.15) is 0 Å². The maximum Gasteiger partial charge on any atom is 0.0568 e. The first-order valence-electron chi connectivity index (χ1n) is 15.0. The highest BCUT2D eigenvalue weighted by Gasteiger charge is 2.21. The monoisotopic (exact) mass is 486 g/mol. The molecule has 1 saturated carbocycles. The van der Waals surface area contributed by atoms with Gasteiger partial charge in [-0.3, -0.25) is 0 Å². The zero-order valence-electron chi connectivity index (χ0n) is 23.1. The lowest BCUT2D eigenvalue weighted by Crippen LogP contribution is -2.13. The van der Waals surface area contributed by atoms with Crippen molar-refractivity contribution in [3.8, 4) is 0 Å². The average molecular weight is 487 g/mol. The van der Waals surface area contributed by atoms with Gasteiger partial charge in [0.05, 0.1) is 12.4 Å². The standard InChI is InChI=1S/C34H50N2/c1-3-5-7-9-11-13-29-15-17-31(18-16-29)27-35-36-28-32-21-25-34(26-22-32)33-23-19-30(20-24-33)14-12-10-8-6-4-2/h15-18,21-22,25-28,30,33H,3-14,19-20,23-24H2,1-2H3/b35-27+,36-28+.